The van der Waals surface area contributed by atoms with Crippen LogP contribution < -0.4 is 5.32 Å². The Morgan fingerprint density at radius 2 is 1.86 bits per heavy atom. The molecule has 3 aliphatic carbocycles. The lowest BCUT2D eigenvalue weighted by atomic mass is 9.43. The molecule has 4 rings (SSSR count). The van der Waals surface area contributed by atoms with E-state index in [1.165, 1.54) is 44.9 Å². The molecule has 6 atom stereocenters. The summed E-state index contributed by atoms with van der Waals surface area (Å²) in [6, 6.07) is 0. The zero-order valence-corrected chi connectivity index (χ0v) is 14.7. The lowest BCUT2D eigenvalue weighted by molar-refractivity contribution is -0.152. The molecule has 1 N–H and O–H groups in total. The molecule has 2 heteroatoms. The van der Waals surface area contributed by atoms with Crippen LogP contribution >= 0.6 is 0 Å². The van der Waals surface area contributed by atoms with Crippen LogP contribution in [0.15, 0.2) is 0 Å². The molecule has 0 aromatic heterocycles. The predicted molar refractivity (Wildman–Crippen MR) is 89.4 cm³/mol. The maximum Gasteiger partial charge on any atom is 0.220 e. The van der Waals surface area contributed by atoms with E-state index in [9.17, 15) is 4.79 Å². The van der Waals surface area contributed by atoms with Crippen molar-refractivity contribution in [3.8, 4) is 0 Å². The number of hydrogen-bond acceptors (Lipinski definition) is 1. The van der Waals surface area contributed by atoms with E-state index in [2.05, 4.69) is 26.1 Å². The summed E-state index contributed by atoms with van der Waals surface area (Å²) in [5, 5.41) is 3.49. The summed E-state index contributed by atoms with van der Waals surface area (Å²) in [6.07, 6.45) is 12.8. The average Bonchev–Trinajstić information content (AvgIpc) is 2.89. The highest BCUT2D eigenvalue weighted by atomic mass is 16.1. The highest BCUT2D eigenvalue weighted by molar-refractivity contribution is 5.78. The highest BCUT2D eigenvalue weighted by Crippen LogP contribution is 2.66. The molecule has 1 amide bonds. The van der Waals surface area contributed by atoms with Crippen LogP contribution in [0.2, 0.25) is 0 Å². The molecular formula is C20H33NO. The Morgan fingerprint density at radius 3 is 2.64 bits per heavy atom. The first-order chi connectivity index (χ1) is 10.4. The van der Waals surface area contributed by atoms with Crippen LogP contribution in [-0.2, 0) is 4.79 Å². The molecule has 1 heterocycles. The monoisotopic (exact) mass is 303 g/mol. The van der Waals surface area contributed by atoms with Crippen molar-refractivity contribution < 1.29 is 4.79 Å². The first kappa shape index (κ1) is 15.0. The minimum Gasteiger partial charge on any atom is -0.350 e. The third kappa shape index (κ3) is 1.76. The van der Waals surface area contributed by atoms with Crippen LogP contribution in [0.3, 0.4) is 0 Å². The van der Waals surface area contributed by atoms with Gasteiger partial charge in [0.15, 0.2) is 0 Å². The normalized spacial score (nSPS) is 54.1. The van der Waals surface area contributed by atoms with Crippen molar-refractivity contribution in [2.24, 2.45) is 28.6 Å². The fourth-order valence-electron chi connectivity index (χ4n) is 7.53. The summed E-state index contributed by atoms with van der Waals surface area (Å²) in [6.45, 7) is 7.41. The molecule has 1 aliphatic heterocycles. The summed E-state index contributed by atoms with van der Waals surface area (Å²) >= 11 is 0. The van der Waals surface area contributed by atoms with E-state index in [1.807, 2.05) is 0 Å². The van der Waals surface area contributed by atoms with Crippen LogP contribution in [0.5, 0.6) is 0 Å². The molecule has 1 unspecified atom stereocenters. The molecule has 0 bridgehead atoms. The molecule has 0 spiro atoms. The summed E-state index contributed by atoms with van der Waals surface area (Å²) in [4.78, 5) is 12.1. The van der Waals surface area contributed by atoms with Gasteiger partial charge >= 0.3 is 0 Å². The van der Waals surface area contributed by atoms with Gasteiger partial charge in [-0.3, -0.25) is 4.79 Å². The van der Waals surface area contributed by atoms with Crippen molar-refractivity contribution in [2.45, 2.75) is 90.5 Å². The standard InChI is InChI=1S/C20H33NO/c1-4-20-13-7-14-15-6-5-10-18(15,2)11-8-16(14)19(20,3)12-9-17(22)21-20/h14-16H,4-13H2,1-3H3,(H,21,22)/t14-,15-,16+,18-,19+,20?/m0/s1. The molecule has 4 aliphatic rings. The van der Waals surface area contributed by atoms with E-state index in [4.69, 9.17) is 0 Å². The third-order valence-corrected chi connectivity index (χ3v) is 8.89. The van der Waals surface area contributed by atoms with Gasteiger partial charge < -0.3 is 5.32 Å². The Kier molecular flexibility index (Phi) is 3.24. The van der Waals surface area contributed by atoms with Crippen LogP contribution in [0.25, 0.3) is 0 Å². The summed E-state index contributed by atoms with van der Waals surface area (Å²) in [5.41, 5.74) is 1.07. The molecule has 0 aromatic rings. The number of carbonyl (C=O) groups is 1. The molecule has 124 valence electrons. The van der Waals surface area contributed by atoms with Gasteiger partial charge in [-0.05, 0) is 80.0 Å². The largest absolute Gasteiger partial charge is 0.350 e. The zero-order valence-electron chi connectivity index (χ0n) is 14.7. The van der Waals surface area contributed by atoms with Crippen LogP contribution in [-0.4, -0.2) is 11.4 Å². The topological polar surface area (TPSA) is 29.1 Å². The summed E-state index contributed by atoms with van der Waals surface area (Å²) in [5.74, 6) is 3.05. The van der Waals surface area contributed by atoms with Crippen LogP contribution in [0.1, 0.15) is 85.0 Å². The lowest BCUT2D eigenvalue weighted by Gasteiger charge is -2.64. The molecule has 22 heavy (non-hydrogen) atoms. The van der Waals surface area contributed by atoms with Gasteiger partial charge in [-0.1, -0.05) is 27.2 Å². The number of fused-ring (bicyclic) bond motifs is 5. The molecule has 0 radical (unpaired) electrons. The van der Waals surface area contributed by atoms with Gasteiger partial charge in [-0.25, -0.2) is 0 Å². The first-order valence-corrected chi connectivity index (χ1v) is 9.75. The van der Waals surface area contributed by atoms with Crippen molar-refractivity contribution in [1.82, 2.24) is 5.32 Å². The minimum atomic E-state index is 0.0931. The van der Waals surface area contributed by atoms with Crippen molar-refractivity contribution in [2.75, 3.05) is 0 Å². The Bertz CT molecular complexity index is 488. The van der Waals surface area contributed by atoms with Gasteiger partial charge in [0, 0.05) is 12.0 Å². The SMILES string of the molecule is CCC12CC[C@@H]3[C@@H](CC[C@]4(C)CCC[C@@H]34)[C@@]1(C)CCC(=O)N2. The number of piperidine rings is 1. The maximum atomic E-state index is 12.1. The van der Waals surface area contributed by atoms with E-state index < -0.39 is 0 Å². The third-order valence-electron chi connectivity index (χ3n) is 8.89. The smallest absolute Gasteiger partial charge is 0.220 e. The lowest BCUT2D eigenvalue weighted by Crippen LogP contribution is -2.68. The number of hydrogen-bond donors (Lipinski definition) is 1. The van der Waals surface area contributed by atoms with Gasteiger partial charge in [-0.2, -0.15) is 0 Å². The highest BCUT2D eigenvalue weighted by Gasteiger charge is 2.62. The molecule has 1 saturated heterocycles. The first-order valence-electron chi connectivity index (χ1n) is 9.75. The maximum absolute atomic E-state index is 12.1. The quantitative estimate of drug-likeness (QED) is 0.749. The fourth-order valence-corrected chi connectivity index (χ4v) is 7.53. The van der Waals surface area contributed by atoms with Gasteiger partial charge in [0.2, 0.25) is 5.91 Å². The second-order valence-electron chi connectivity index (χ2n) is 9.40. The van der Waals surface area contributed by atoms with E-state index in [0.29, 0.717) is 16.7 Å². The Hall–Kier alpha value is -0.530. The van der Waals surface area contributed by atoms with Gasteiger partial charge in [-0.15, -0.1) is 0 Å². The van der Waals surface area contributed by atoms with Gasteiger partial charge in [0.25, 0.3) is 0 Å². The second-order valence-corrected chi connectivity index (χ2v) is 9.40. The minimum absolute atomic E-state index is 0.0931. The van der Waals surface area contributed by atoms with E-state index in [0.717, 1.165) is 37.0 Å². The van der Waals surface area contributed by atoms with E-state index >= 15 is 0 Å². The summed E-state index contributed by atoms with van der Waals surface area (Å²) in [7, 11) is 0. The Labute approximate surface area is 135 Å². The number of rotatable bonds is 1. The fraction of sp³-hybridized carbons (Fsp3) is 0.950. The van der Waals surface area contributed by atoms with Crippen LogP contribution in [0.4, 0.5) is 0 Å². The van der Waals surface area contributed by atoms with Crippen molar-refractivity contribution in [1.29, 1.82) is 0 Å². The number of amides is 1. The Morgan fingerprint density at radius 1 is 1.05 bits per heavy atom. The van der Waals surface area contributed by atoms with Crippen molar-refractivity contribution in [3.63, 3.8) is 0 Å². The van der Waals surface area contributed by atoms with E-state index in [-0.39, 0.29) is 5.54 Å². The average molecular weight is 303 g/mol. The number of nitrogens with one attached hydrogen (secondary N) is 1. The predicted octanol–water partition coefficient (Wildman–Crippen LogP) is 4.68. The molecule has 4 fully saturated rings. The molecule has 3 saturated carbocycles. The zero-order chi connectivity index (χ0) is 15.6. The summed E-state index contributed by atoms with van der Waals surface area (Å²) < 4.78 is 0. The Balaban J connectivity index is 1.70. The van der Waals surface area contributed by atoms with Gasteiger partial charge in [0.05, 0.1) is 0 Å². The van der Waals surface area contributed by atoms with Gasteiger partial charge in [0.1, 0.15) is 0 Å². The van der Waals surface area contributed by atoms with Crippen molar-refractivity contribution in [3.05, 3.63) is 0 Å². The second kappa shape index (κ2) is 4.74. The van der Waals surface area contributed by atoms with E-state index in [1.54, 1.807) is 0 Å². The van der Waals surface area contributed by atoms with Crippen molar-refractivity contribution >= 4 is 5.91 Å². The molecule has 0 aromatic carbocycles. The molecule has 2 nitrogen and oxygen atoms in total. The molecular weight excluding hydrogens is 270 g/mol. The number of carbonyl (C=O) groups excluding carboxylic acids is 1. The van der Waals surface area contributed by atoms with Crippen LogP contribution in [0, 0.1) is 28.6 Å².